The fourth-order valence-corrected chi connectivity index (χ4v) is 5.20. The van der Waals surface area contributed by atoms with Crippen molar-refractivity contribution in [3.05, 3.63) is 100 Å². The standard InChI is InChI=1S/C23H25NO2S/c1-16-10-12-21(13-11-16)22(20-8-6-5-7-9-20)24-27(25,26)23-18(3)14-17(2)15-19(23)4/h5-15,22,24H,1-4H3/t22-/m0/s1. The lowest BCUT2D eigenvalue weighted by molar-refractivity contribution is 0.571. The van der Waals surface area contributed by atoms with Gasteiger partial charge in [0.05, 0.1) is 10.9 Å². The van der Waals surface area contributed by atoms with Gasteiger partial charge in [-0.25, -0.2) is 8.42 Å². The summed E-state index contributed by atoms with van der Waals surface area (Å²) in [6.07, 6.45) is 0. The number of hydrogen-bond acceptors (Lipinski definition) is 2. The van der Waals surface area contributed by atoms with Gasteiger partial charge in [-0.2, -0.15) is 4.72 Å². The van der Waals surface area contributed by atoms with Crippen LogP contribution in [-0.4, -0.2) is 8.42 Å². The van der Waals surface area contributed by atoms with E-state index in [1.54, 1.807) is 0 Å². The van der Waals surface area contributed by atoms with E-state index in [4.69, 9.17) is 0 Å². The van der Waals surface area contributed by atoms with Gasteiger partial charge in [0, 0.05) is 0 Å². The van der Waals surface area contributed by atoms with Gasteiger partial charge in [0.15, 0.2) is 0 Å². The van der Waals surface area contributed by atoms with Gasteiger partial charge in [-0.1, -0.05) is 77.9 Å². The van der Waals surface area contributed by atoms with Crippen molar-refractivity contribution in [3.8, 4) is 0 Å². The summed E-state index contributed by atoms with van der Waals surface area (Å²) < 4.78 is 29.5. The SMILES string of the molecule is Cc1ccc([C@@H](NS(=O)(=O)c2c(C)cc(C)cc2C)c2ccccc2)cc1. The maximum atomic E-state index is 13.3. The molecule has 0 heterocycles. The summed E-state index contributed by atoms with van der Waals surface area (Å²) in [7, 11) is -3.69. The van der Waals surface area contributed by atoms with Crippen LogP contribution in [0.3, 0.4) is 0 Å². The molecule has 1 N–H and O–H groups in total. The number of rotatable bonds is 5. The first kappa shape index (κ1) is 19.3. The Morgan fingerprint density at radius 1 is 0.704 bits per heavy atom. The minimum Gasteiger partial charge on any atom is -0.207 e. The summed E-state index contributed by atoms with van der Waals surface area (Å²) in [6.45, 7) is 7.68. The van der Waals surface area contributed by atoms with E-state index < -0.39 is 16.1 Å². The maximum Gasteiger partial charge on any atom is 0.241 e. The van der Waals surface area contributed by atoms with Crippen molar-refractivity contribution in [2.24, 2.45) is 0 Å². The topological polar surface area (TPSA) is 46.2 Å². The Kier molecular flexibility index (Phi) is 5.49. The third kappa shape index (κ3) is 4.29. The van der Waals surface area contributed by atoms with Crippen LogP contribution >= 0.6 is 0 Å². The molecule has 0 radical (unpaired) electrons. The molecule has 27 heavy (non-hydrogen) atoms. The highest BCUT2D eigenvalue weighted by molar-refractivity contribution is 7.89. The first-order valence-corrected chi connectivity index (χ1v) is 10.5. The lowest BCUT2D eigenvalue weighted by Crippen LogP contribution is -2.30. The van der Waals surface area contributed by atoms with Gasteiger partial charge in [-0.15, -0.1) is 0 Å². The molecule has 0 fully saturated rings. The molecule has 0 aliphatic heterocycles. The van der Waals surface area contributed by atoms with Crippen LogP contribution in [0.25, 0.3) is 0 Å². The predicted molar refractivity (Wildman–Crippen MR) is 110 cm³/mol. The summed E-state index contributed by atoms with van der Waals surface area (Å²) in [6, 6.07) is 21.0. The average molecular weight is 380 g/mol. The molecule has 0 bridgehead atoms. The van der Waals surface area contributed by atoms with Crippen molar-refractivity contribution in [1.82, 2.24) is 4.72 Å². The van der Waals surface area contributed by atoms with Crippen LogP contribution in [0.1, 0.15) is 39.4 Å². The van der Waals surface area contributed by atoms with E-state index in [1.807, 2.05) is 94.4 Å². The second kappa shape index (κ2) is 7.67. The van der Waals surface area contributed by atoms with Crippen LogP contribution in [-0.2, 0) is 10.0 Å². The quantitative estimate of drug-likeness (QED) is 0.679. The van der Waals surface area contributed by atoms with Crippen molar-refractivity contribution < 1.29 is 8.42 Å². The summed E-state index contributed by atoms with van der Waals surface area (Å²) in [4.78, 5) is 0.362. The molecule has 0 aliphatic carbocycles. The normalized spacial score (nSPS) is 12.7. The molecule has 0 aromatic heterocycles. The van der Waals surface area contributed by atoms with Crippen LogP contribution in [0, 0.1) is 27.7 Å². The van der Waals surface area contributed by atoms with Gasteiger partial charge in [-0.05, 0) is 49.9 Å². The summed E-state index contributed by atoms with van der Waals surface area (Å²) in [5.74, 6) is 0. The van der Waals surface area contributed by atoms with Crippen molar-refractivity contribution in [2.45, 2.75) is 38.6 Å². The highest BCUT2D eigenvalue weighted by atomic mass is 32.2. The summed E-state index contributed by atoms with van der Waals surface area (Å²) in [5.41, 5.74) is 5.54. The molecule has 3 nitrogen and oxygen atoms in total. The zero-order valence-electron chi connectivity index (χ0n) is 16.2. The third-order valence-corrected chi connectivity index (χ3v) is 6.42. The van der Waals surface area contributed by atoms with E-state index in [2.05, 4.69) is 4.72 Å². The molecule has 0 saturated carbocycles. The Morgan fingerprint density at radius 3 is 1.78 bits per heavy atom. The van der Waals surface area contributed by atoms with Gasteiger partial charge < -0.3 is 0 Å². The molecule has 1 atom stereocenters. The molecule has 3 aromatic carbocycles. The predicted octanol–water partition coefficient (Wildman–Crippen LogP) is 4.99. The van der Waals surface area contributed by atoms with Crippen LogP contribution < -0.4 is 4.72 Å². The number of aryl methyl sites for hydroxylation is 4. The van der Waals surface area contributed by atoms with Gasteiger partial charge in [0.25, 0.3) is 0 Å². The van der Waals surface area contributed by atoms with Crippen molar-refractivity contribution >= 4 is 10.0 Å². The number of benzene rings is 3. The highest BCUT2D eigenvalue weighted by Crippen LogP contribution is 2.28. The van der Waals surface area contributed by atoms with Crippen molar-refractivity contribution in [3.63, 3.8) is 0 Å². The number of nitrogens with one attached hydrogen (secondary N) is 1. The zero-order chi connectivity index (χ0) is 19.6. The third-order valence-electron chi connectivity index (χ3n) is 4.69. The van der Waals surface area contributed by atoms with E-state index in [0.717, 1.165) is 33.4 Å². The minimum atomic E-state index is -3.69. The Bertz CT molecular complexity index is 1020. The maximum absolute atomic E-state index is 13.3. The Morgan fingerprint density at radius 2 is 1.22 bits per heavy atom. The molecule has 0 saturated heterocycles. The molecule has 3 rings (SSSR count). The lowest BCUT2D eigenvalue weighted by atomic mass is 9.99. The second-order valence-electron chi connectivity index (χ2n) is 7.10. The highest BCUT2D eigenvalue weighted by Gasteiger charge is 2.25. The summed E-state index contributed by atoms with van der Waals surface area (Å²) in [5, 5.41) is 0. The minimum absolute atomic E-state index is 0.362. The van der Waals surface area contributed by atoms with E-state index in [9.17, 15) is 8.42 Å². The Labute approximate surface area is 162 Å². The smallest absolute Gasteiger partial charge is 0.207 e. The molecule has 4 heteroatoms. The van der Waals surface area contributed by atoms with Gasteiger partial charge >= 0.3 is 0 Å². The van der Waals surface area contributed by atoms with Gasteiger partial charge in [0.1, 0.15) is 0 Å². The number of sulfonamides is 1. The van der Waals surface area contributed by atoms with Gasteiger partial charge in [0.2, 0.25) is 10.0 Å². The van der Waals surface area contributed by atoms with E-state index in [-0.39, 0.29) is 0 Å². The molecular formula is C23H25NO2S. The van der Waals surface area contributed by atoms with Crippen LogP contribution in [0.15, 0.2) is 71.6 Å². The first-order chi connectivity index (χ1) is 12.8. The average Bonchev–Trinajstić information content (AvgIpc) is 2.60. The molecular weight excluding hydrogens is 354 g/mol. The van der Waals surface area contributed by atoms with E-state index in [1.165, 1.54) is 0 Å². The van der Waals surface area contributed by atoms with Crippen LogP contribution in [0.5, 0.6) is 0 Å². The van der Waals surface area contributed by atoms with Crippen LogP contribution in [0.4, 0.5) is 0 Å². The largest absolute Gasteiger partial charge is 0.241 e. The lowest BCUT2D eigenvalue weighted by Gasteiger charge is -2.22. The fourth-order valence-electron chi connectivity index (χ4n) is 3.54. The molecule has 0 spiro atoms. The zero-order valence-corrected chi connectivity index (χ0v) is 17.0. The number of hydrogen-bond donors (Lipinski definition) is 1. The van der Waals surface area contributed by atoms with Crippen molar-refractivity contribution in [2.75, 3.05) is 0 Å². The fraction of sp³-hybridized carbons (Fsp3) is 0.217. The first-order valence-electron chi connectivity index (χ1n) is 8.99. The second-order valence-corrected chi connectivity index (χ2v) is 8.75. The molecule has 140 valence electrons. The Hall–Kier alpha value is -2.43. The van der Waals surface area contributed by atoms with Crippen LogP contribution in [0.2, 0.25) is 0 Å². The van der Waals surface area contributed by atoms with Gasteiger partial charge in [-0.3, -0.25) is 0 Å². The van der Waals surface area contributed by atoms with E-state index >= 15 is 0 Å². The monoisotopic (exact) mass is 379 g/mol. The summed E-state index contributed by atoms with van der Waals surface area (Å²) >= 11 is 0. The van der Waals surface area contributed by atoms with Crippen molar-refractivity contribution in [1.29, 1.82) is 0 Å². The Balaban J connectivity index is 2.08. The van der Waals surface area contributed by atoms with E-state index in [0.29, 0.717) is 4.90 Å². The molecule has 0 unspecified atom stereocenters. The molecule has 0 aliphatic rings. The molecule has 3 aromatic rings. The molecule has 0 amide bonds.